The summed E-state index contributed by atoms with van der Waals surface area (Å²) in [5, 5.41) is 0. The molecule has 0 bridgehead atoms. The lowest BCUT2D eigenvalue weighted by molar-refractivity contribution is 0.444. The number of nitrogens with zero attached hydrogens (tertiary/aromatic N) is 6. The number of hydrogen-bond acceptors (Lipinski definition) is 6. The van der Waals surface area contributed by atoms with Crippen molar-refractivity contribution in [1.82, 2.24) is 19.9 Å². The van der Waals surface area contributed by atoms with E-state index in [9.17, 15) is 0 Å². The van der Waals surface area contributed by atoms with Crippen LogP contribution in [-0.2, 0) is 6.54 Å². The fraction of sp³-hybridized carbons (Fsp3) is 0.500. The summed E-state index contributed by atoms with van der Waals surface area (Å²) < 4.78 is 0. The minimum atomic E-state index is 0.681. The van der Waals surface area contributed by atoms with Gasteiger partial charge in [-0.25, -0.2) is 9.97 Å². The topological polar surface area (TPSA) is 58.0 Å². The van der Waals surface area contributed by atoms with Crippen molar-refractivity contribution in [2.75, 3.05) is 29.9 Å². The maximum atomic E-state index is 4.45. The van der Waals surface area contributed by atoms with Gasteiger partial charge >= 0.3 is 0 Å². The van der Waals surface area contributed by atoms with Crippen LogP contribution in [0.4, 0.5) is 11.6 Å². The Kier molecular flexibility index (Phi) is 4.46. The van der Waals surface area contributed by atoms with E-state index in [0.29, 0.717) is 6.54 Å². The van der Waals surface area contributed by atoms with Gasteiger partial charge in [-0.2, -0.15) is 0 Å². The first-order chi connectivity index (χ1) is 10.7. The molecule has 0 aliphatic carbocycles. The van der Waals surface area contributed by atoms with Gasteiger partial charge in [0, 0.05) is 38.6 Å². The number of rotatable bonds is 4. The zero-order valence-electron chi connectivity index (χ0n) is 13.2. The lowest BCUT2D eigenvalue weighted by Crippen LogP contribution is -2.35. The van der Waals surface area contributed by atoms with Gasteiger partial charge in [-0.15, -0.1) is 0 Å². The first-order valence-corrected chi connectivity index (χ1v) is 7.75. The van der Waals surface area contributed by atoms with Crippen molar-refractivity contribution in [3.63, 3.8) is 0 Å². The third-order valence-electron chi connectivity index (χ3n) is 4.03. The molecule has 1 saturated heterocycles. The van der Waals surface area contributed by atoms with Crippen LogP contribution in [-0.4, -0.2) is 40.1 Å². The van der Waals surface area contributed by atoms with E-state index in [0.717, 1.165) is 36.3 Å². The standard InChI is InChI=1S/C16H22N6/c1-13-4-3-7-22(10-13)16-8-15(19-12-20-16)21(2)11-14-9-17-5-6-18-14/h5-6,8-9,12-13H,3-4,7,10-11H2,1-2H3. The summed E-state index contributed by atoms with van der Waals surface area (Å²) in [6.07, 6.45) is 9.37. The molecule has 1 aliphatic heterocycles. The van der Waals surface area contributed by atoms with Gasteiger partial charge in [0.1, 0.15) is 18.0 Å². The summed E-state index contributed by atoms with van der Waals surface area (Å²) in [6, 6.07) is 2.06. The lowest BCUT2D eigenvalue weighted by atomic mass is 10.0. The summed E-state index contributed by atoms with van der Waals surface area (Å²) in [5.74, 6) is 2.65. The normalized spacial score (nSPS) is 18.3. The van der Waals surface area contributed by atoms with Crippen LogP contribution in [0.15, 0.2) is 31.0 Å². The highest BCUT2D eigenvalue weighted by Gasteiger charge is 2.18. The summed E-state index contributed by atoms with van der Waals surface area (Å²) in [5.41, 5.74) is 0.928. The minimum Gasteiger partial charge on any atom is -0.356 e. The Labute approximate surface area is 131 Å². The van der Waals surface area contributed by atoms with Crippen LogP contribution in [0.25, 0.3) is 0 Å². The van der Waals surface area contributed by atoms with E-state index in [1.54, 1.807) is 24.9 Å². The molecule has 22 heavy (non-hydrogen) atoms. The number of aromatic nitrogens is 4. The molecule has 116 valence electrons. The van der Waals surface area contributed by atoms with Gasteiger partial charge in [0.25, 0.3) is 0 Å². The van der Waals surface area contributed by atoms with Crippen LogP contribution in [0.1, 0.15) is 25.5 Å². The van der Waals surface area contributed by atoms with Gasteiger partial charge in [-0.05, 0) is 18.8 Å². The van der Waals surface area contributed by atoms with E-state index in [2.05, 4.69) is 42.7 Å². The summed E-state index contributed by atoms with van der Waals surface area (Å²) in [6.45, 7) is 5.13. The van der Waals surface area contributed by atoms with Gasteiger partial charge < -0.3 is 9.80 Å². The molecule has 3 heterocycles. The molecule has 0 amide bonds. The lowest BCUT2D eigenvalue weighted by Gasteiger charge is -2.32. The van der Waals surface area contributed by atoms with Gasteiger partial charge in [0.2, 0.25) is 0 Å². The zero-order chi connectivity index (χ0) is 15.4. The van der Waals surface area contributed by atoms with Gasteiger partial charge in [-0.3, -0.25) is 9.97 Å². The minimum absolute atomic E-state index is 0.681. The van der Waals surface area contributed by atoms with Crippen LogP contribution >= 0.6 is 0 Å². The average Bonchev–Trinajstić information content (AvgIpc) is 2.56. The van der Waals surface area contributed by atoms with Crippen LogP contribution in [0.5, 0.6) is 0 Å². The molecule has 1 aliphatic rings. The van der Waals surface area contributed by atoms with E-state index < -0.39 is 0 Å². The summed E-state index contributed by atoms with van der Waals surface area (Å²) in [7, 11) is 2.01. The molecule has 1 fully saturated rings. The quantitative estimate of drug-likeness (QED) is 0.862. The molecule has 0 spiro atoms. The number of anilines is 2. The van der Waals surface area contributed by atoms with Crippen molar-refractivity contribution in [3.05, 3.63) is 36.7 Å². The molecular formula is C16H22N6. The Bertz CT molecular complexity index is 603. The van der Waals surface area contributed by atoms with Crippen molar-refractivity contribution in [1.29, 1.82) is 0 Å². The van der Waals surface area contributed by atoms with E-state index in [1.165, 1.54) is 12.8 Å². The van der Waals surface area contributed by atoms with Crippen molar-refractivity contribution in [2.45, 2.75) is 26.3 Å². The highest BCUT2D eigenvalue weighted by atomic mass is 15.2. The molecule has 1 atom stereocenters. The third kappa shape index (κ3) is 3.50. The molecule has 0 saturated carbocycles. The molecular weight excluding hydrogens is 276 g/mol. The second-order valence-corrected chi connectivity index (χ2v) is 5.98. The fourth-order valence-corrected chi connectivity index (χ4v) is 2.85. The second kappa shape index (κ2) is 6.68. The van der Waals surface area contributed by atoms with Crippen LogP contribution < -0.4 is 9.80 Å². The van der Waals surface area contributed by atoms with Crippen molar-refractivity contribution < 1.29 is 0 Å². The Hall–Kier alpha value is -2.24. The summed E-state index contributed by atoms with van der Waals surface area (Å²) in [4.78, 5) is 21.7. The molecule has 6 heteroatoms. The zero-order valence-corrected chi connectivity index (χ0v) is 13.2. The van der Waals surface area contributed by atoms with Crippen LogP contribution in [0.2, 0.25) is 0 Å². The van der Waals surface area contributed by atoms with Gasteiger partial charge in [0.05, 0.1) is 18.4 Å². The molecule has 1 unspecified atom stereocenters. The number of hydrogen-bond donors (Lipinski definition) is 0. The highest BCUT2D eigenvalue weighted by Crippen LogP contribution is 2.23. The Morgan fingerprint density at radius 1 is 1.27 bits per heavy atom. The predicted octanol–water partition coefficient (Wildman–Crippen LogP) is 2.14. The predicted molar refractivity (Wildman–Crippen MR) is 86.8 cm³/mol. The Morgan fingerprint density at radius 2 is 2.18 bits per heavy atom. The van der Waals surface area contributed by atoms with E-state index in [1.807, 2.05) is 7.05 Å². The molecule has 2 aromatic rings. The van der Waals surface area contributed by atoms with Crippen LogP contribution in [0, 0.1) is 5.92 Å². The smallest absolute Gasteiger partial charge is 0.134 e. The Morgan fingerprint density at radius 3 is 2.95 bits per heavy atom. The maximum absolute atomic E-state index is 4.45. The molecule has 0 radical (unpaired) electrons. The fourth-order valence-electron chi connectivity index (χ4n) is 2.85. The maximum Gasteiger partial charge on any atom is 0.134 e. The highest BCUT2D eigenvalue weighted by molar-refractivity contribution is 5.50. The summed E-state index contributed by atoms with van der Waals surface area (Å²) >= 11 is 0. The van der Waals surface area contributed by atoms with Gasteiger partial charge in [-0.1, -0.05) is 6.92 Å². The Balaban J connectivity index is 1.73. The molecule has 0 N–H and O–H groups in total. The van der Waals surface area contributed by atoms with E-state index >= 15 is 0 Å². The van der Waals surface area contributed by atoms with Crippen molar-refractivity contribution in [2.24, 2.45) is 5.92 Å². The average molecular weight is 298 g/mol. The van der Waals surface area contributed by atoms with Gasteiger partial charge in [0.15, 0.2) is 0 Å². The van der Waals surface area contributed by atoms with Crippen molar-refractivity contribution in [3.8, 4) is 0 Å². The van der Waals surface area contributed by atoms with Crippen LogP contribution in [0.3, 0.4) is 0 Å². The molecule has 6 nitrogen and oxygen atoms in total. The number of piperidine rings is 1. The first kappa shape index (κ1) is 14.7. The largest absolute Gasteiger partial charge is 0.356 e. The van der Waals surface area contributed by atoms with E-state index in [-0.39, 0.29) is 0 Å². The molecule has 0 aromatic carbocycles. The molecule has 3 rings (SSSR count). The van der Waals surface area contributed by atoms with Crippen molar-refractivity contribution >= 4 is 11.6 Å². The SMILES string of the molecule is CC1CCCN(c2cc(N(C)Cc3cnccn3)ncn2)C1. The van der Waals surface area contributed by atoms with E-state index in [4.69, 9.17) is 0 Å². The first-order valence-electron chi connectivity index (χ1n) is 7.75. The third-order valence-corrected chi connectivity index (χ3v) is 4.03. The monoisotopic (exact) mass is 298 g/mol. The molecule has 2 aromatic heterocycles. The second-order valence-electron chi connectivity index (χ2n) is 5.98.